The van der Waals surface area contributed by atoms with Crippen molar-refractivity contribution in [3.63, 3.8) is 0 Å². The second kappa shape index (κ2) is 8.97. The molecule has 2 amide bonds. The van der Waals surface area contributed by atoms with Crippen LogP contribution in [0.4, 0.5) is 9.18 Å². The summed E-state index contributed by atoms with van der Waals surface area (Å²) in [5, 5.41) is 2.67. The van der Waals surface area contributed by atoms with Crippen LogP contribution in [-0.4, -0.2) is 47.4 Å². The van der Waals surface area contributed by atoms with Gasteiger partial charge < -0.3 is 19.7 Å². The van der Waals surface area contributed by atoms with Crippen molar-refractivity contribution in [3.05, 3.63) is 35.6 Å². The summed E-state index contributed by atoms with van der Waals surface area (Å²) >= 11 is 0. The molecule has 7 heteroatoms. The van der Waals surface area contributed by atoms with E-state index in [0.717, 1.165) is 12.7 Å². The lowest BCUT2D eigenvalue weighted by Crippen LogP contribution is -2.45. The summed E-state index contributed by atoms with van der Waals surface area (Å²) in [4.78, 5) is 37.5. The maximum atomic E-state index is 14.0. The zero-order chi connectivity index (χ0) is 20.0. The number of carbonyl (C=O) groups is 3. The zero-order valence-corrected chi connectivity index (χ0v) is 16.0. The molecule has 0 saturated carbocycles. The molecule has 1 N–H and O–H groups in total. The largest absolute Gasteiger partial charge is 0.444 e. The van der Waals surface area contributed by atoms with E-state index in [1.165, 1.54) is 11.0 Å². The van der Waals surface area contributed by atoms with Crippen LogP contribution < -0.4 is 5.32 Å². The van der Waals surface area contributed by atoms with Crippen LogP contribution in [0.15, 0.2) is 24.3 Å². The first-order chi connectivity index (χ1) is 12.7. The zero-order valence-electron chi connectivity index (χ0n) is 16.0. The summed E-state index contributed by atoms with van der Waals surface area (Å²) in [6.45, 7) is 5.73. The van der Waals surface area contributed by atoms with Gasteiger partial charge in [-0.1, -0.05) is 18.2 Å². The highest BCUT2D eigenvalue weighted by molar-refractivity contribution is 5.81. The van der Waals surface area contributed by atoms with Crippen molar-refractivity contribution in [3.8, 4) is 0 Å². The fourth-order valence-electron chi connectivity index (χ4n) is 3.15. The van der Waals surface area contributed by atoms with Gasteiger partial charge in [-0.2, -0.15) is 0 Å². The highest BCUT2D eigenvalue weighted by Crippen LogP contribution is 2.19. The molecule has 0 bridgehead atoms. The van der Waals surface area contributed by atoms with Crippen LogP contribution in [0, 0.1) is 5.82 Å². The van der Waals surface area contributed by atoms with E-state index in [-0.39, 0.29) is 18.7 Å². The van der Waals surface area contributed by atoms with E-state index in [2.05, 4.69) is 5.32 Å². The summed E-state index contributed by atoms with van der Waals surface area (Å²) in [7, 11) is 0. The minimum absolute atomic E-state index is 0.0298. The van der Waals surface area contributed by atoms with Crippen molar-refractivity contribution >= 4 is 18.3 Å². The number of rotatable bonds is 6. The first-order valence-electron chi connectivity index (χ1n) is 9.17. The molecule has 1 aliphatic heterocycles. The molecule has 1 aromatic rings. The number of nitrogens with zero attached hydrogens (tertiary/aromatic N) is 1. The smallest absolute Gasteiger partial charge is 0.407 e. The van der Waals surface area contributed by atoms with E-state index in [9.17, 15) is 18.8 Å². The average molecular weight is 378 g/mol. The van der Waals surface area contributed by atoms with Gasteiger partial charge in [0.15, 0.2) is 0 Å². The number of nitrogens with one attached hydrogen (secondary N) is 1. The predicted molar refractivity (Wildman–Crippen MR) is 98.7 cm³/mol. The number of hydrogen-bond donors (Lipinski definition) is 1. The molecule has 27 heavy (non-hydrogen) atoms. The Labute approximate surface area is 159 Å². The number of aldehydes is 1. The molecule has 2 unspecified atom stereocenters. The van der Waals surface area contributed by atoms with Gasteiger partial charge in [0.2, 0.25) is 5.91 Å². The third kappa shape index (κ3) is 6.34. The molecule has 1 heterocycles. The molecule has 1 aromatic carbocycles. The van der Waals surface area contributed by atoms with Gasteiger partial charge in [-0.3, -0.25) is 4.79 Å². The average Bonchev–Trinajstić information content (AvgIpc) is 3.03. The number of amides is 2. The molecular formula is C20H27FN2O4. The molecule has 1 saturated heterocycles. The highest BCUT2D eigenvalue weighted by Gasteiger charge is 2.31. The van der Waals surface area contributed by atoms with Gasteiger partial charge in [0.1, 0.15) is 17.7 Å². The van der Waals surface area contributed by atoms with Crippen molar-refractivity contribution in [1.82, 2.24) is 10.2 Å². The summed E-state index contributed by atoms with van der Waals surface area (Å²) in [5.74, 6) is -0.630. The Morgan fingerprint density at radius 1 is 1.37 bits per heavy atom. The molecule has 1 aliphatic rings. The lowest BCUT2D eigenvalue weighted by atomic mass is 10.0. The van der Waals surface area contributed by atoms with Crippen LogP contribution in [0.3, 0.4) is 0 Å². The number of hydrogen-bond acceptors (Lipinski definition) is 4. The number of carbonyl (C=O) groups excluding carboxylic acids is 3. The minimum atomic E-state index is -0.686. The molecule has 2 atom stereocenters. The molecule has 2 rings (SSSR count). The van der Waals surface area contributed by atoms with Gasteiger partial charge in [0, 0.05) is 19.0 Å². The Bertz CT molecular complexity index is 687. The molecule has 0 aliphatic carbocycles. The summed E-state index contributed by atoms with van der Waals surface area (Å²) in [5.41, 5.74) is -0.284. The monoisotopic (exact) mass is 378 g/mol. The van der Waals surface area contributed by atoms with Gasteiger partial charge in [0.05, 0.1) is 6.04 Å². The van der Waals surface area contributed by atoms with E-state index in [4.69, 9.17) is 4.74 Å². The van der Waals surface area contributed by atoms with E-state index >= 15 is 0 Å². The summed E-state index contributed by atoms with van der Waals surface area (Å²) in [6, 6.07) is 5.18. The van der Waals surface area contributed by atoms with Crippen LogP contribution in [0.2, 0.25) is 0 Å². The third-order valence-electron chi connectivity index (χ3n) is 4.34. The van der Waals surface area contributed by atoms with Gasteiger partial charge in [0.25, 0.3) is 0 Å². The molecule has 148 valence electrons. The quantitative estimate of drug-likeness (QED) is 0.773. The van der Waals surface area contributed by atoms with Crippen LogP contribution in [0.1, 0.15) is 45.6 Å². The Hall–Kier alpha value is -2.44. The Morgan fingerprint density at radius 2 is 2.07 bits per heavy atom. The van der Waals surface area contributed by atoms with E-state index in [0.29, 0.717) is 18.5 Å². The number of benzene rings is 1. The first-order valence-corrected chi connectivity index (χ1v) is 9.17. The Kier molecular flexibility index (Phi) is 6.93. The lowest BCUT2D eigenvalue weighted by Gasteiger charge is -2.26. The normalized spacial score (nSPS) is 18.1. The fraction of sp³-hybridized carbons (Fsp3) is 0.550. The van der Waals surface area contributed by atoms with E-state index in [1.807, 2.05) is 0 Å². The molecule has 1 fully saturated rings. The molecule has 0 spiro atoms. The minimum Gasteiger partial charge on any atom is -0.444 e. The maximum Gasteiger partial charge on any atom is 0.407 e. The van der Waals surface area contributed by atoms with Crippen LogP contribution in [0.5, 0.6) is 0 Å². The number of likely N-dealkylation sites (tertiary alicyclic amines) is 1. The van der Waals surface area contributed by atoms with Gasteiger partial charge in [-0.25, -0.2) is 9.18 Å². The van der Waals surface area contributed by atoms with Gasteiger partial charge >= 0.3 is 6.09 Å². The second-order valence-electron chi connectivity index (χ2n) is 7.78. The van der Waals surface area contributed by atoms with Crippen LogP contribution in [-0.2, 0) is 20.7 Å². The van der Waals surface area contributed by atoms with E-state index in [1.54, 1.807) is 39.0 Å². The van der Waals surface area contributed by atoms with Gasteiger partial charge in [-0.05, 0) is 51.7 Å². The third-order valence-corrected chi connectivity index (χ3v) is 4.34. The number of halogens is 1. The molecule has 6 nitrogen and oxygen atoms in total. The van der Waals surface area contributed by atoms with Gasteiger partial charge in [-0.15, -0.1) is 0 Å². The number of alkyl carbamates (subject to hydrolysis) is 1. The Balaban J connectivity index is 2.11. The van der Waals surface area contributed by atoms with Crippen molar-refractivity contribution in [2.45, 2.75) is 64.1 Å². The SMILES string of the molecule is CC(C)(C)OC(=O)NC(CC(=O)N1CCCC1C=O)Cc1ccccc1F. The summed E-state index contributed by atoms with van der Waals surface area (Å²) in [6.07, 6.45) is 1.65. The first kappa shape index (κ1) is 20.9. The van der Waals surface area contributed by atoms with Crippen LogP contribution >= 0.6 is 0 Å². The van der Waals surface area contributed by atoms with Crippen molar-refractivity contribution < 1.29 is 23.5 Å². The van der Waals surface area contributed by atoms with Crippen molar-refractivity contribution in [2.24, 2.45) is 0 Å². The number of ether oxygens (including phenoxy) is 1. The standard InChI is InChI=1S/C20H27FN2O4/c1-20(2,3)27-19(26)22-15(11-14-7-4-5-9-17(14)21)12-18(25)23-10-6-8-16(23)13-24/h4-5,7,9,13,15-16H,6,8,10-12H2,1-3H3,(H,22,26). The highest BCUT2D eigenvalue weighted by atomic mass is 19.1. The maximum absolute atomic E-state index is 14.0. The van der Waals surface area contributed by atoms with E-state index < -0.39 is 29.6 Å². The van der Waals surface area contributed by atoms with Crippen molar-refractivity contribution in [1.29, 1.82) is 0 Å². The topological polar surface area (TPSA) is 75.7 Å². The predicted octanol–water partition coefficient (Wildman–Crippen LogP) is 2.84. The Morgan fingerprint density at radius 3 is 2.70 bits per heavy atom. The van der Waals surface area contributed by atoms with Crippen LogP contribution in [0.25, 0.3) is 0 Å². The second-order valence-corrected chi connectivity index (χ2v) is 7.78. The fourth-order valence-corrected chi connectivity index (χ4v) is 3.15. The lowest BCUT2D eigenvalue weighted by molar-refractivity contribution is -0.134. The van der Waals surface area contributed by atoms with Crippen molar-refractivity contribution in [2.75, 3.05) is 6.54 Å². The molecular weight excluding hydrogens is 351 g/mol. The summed E-state index contributed by atoms with van der Waals surface area (Å²) < 4.78 is 19.3. The molecule has 0 radical (unpaired) electrons. The molecule has 0 aromatic heterocycles.